The number of esters is 1. The van der Waals surface area contributed by atoms with Crippen molar-refractivity contribution in [2.24, 2.45) is 29.6 Å². The molecular weight excluding hydrogens is 242 g/mol. The van der Waals surface area contributed by atoms with E-state index in [1.54, 1.807) is 11.9 Å². The minimum Gasteiger partial charge on any atom is -0.468 e. The van der Waals surface area contributed by atoms with E-state index in [2.05, 4.69) is 4.74 Å². The summed E-state index contributed by atoms with van der Waals surface area (Å²) in [6.07, 6.45) is 6.32. The highest BCUT2D eigenvalue weighted by Gasteiger charge is 2.51. The van der Waals surface area contributed by atoms with Crippen LogP contribution in [0.3, 0.4) is 0 Å². The number of rotatable bonds is 3. The van der Waals surface area contributed by atoms with Crippen LogP contribution < -0.4 is 0 Å². The number of hydrogen-bond donors (Lipinski definition) is 0. The lowest BCUT2D eigenvalue weighted by Crippen LogP contribution is -2.51. The van der Waals surface area contributed by atoms with Gasteiger partial charge in [0.05, 0.1) is 7.11 Å². The average molecular weight is 265 g/mol. The van der Waals surface area contributed by atoms with Gasteiger partial charge in [-0.05, 0) is 55.8 Å². The molecule has 0 atom stereocenters. The van der Waals surface area contributed by atoms with Crippen molar-refractivity contribution in [3.63, 3.8) is 0 Å². The fraction of sp³-hybridized carbons (Fsp3) is 0.867. The first-order chi connectivity index (χ1) is 9.08. The lowest BCUT2D eigenvalue weighted by molar-refractivity contribution is -0.154. The van der Waals surface area contributed by atoms with E-state index < -0.39 is 0 Å². The van der Waals surface area contributed by atoms with Crippen LogP contribution in [0.4, 0.5) is 0 Å². The lowest BCUT2D eigenvalue weighted by atomic mass is 9.51. The van der Waals surface area contributed by atoms with Gasteiger partial charge in [-0.1, -0.05) is 0 Å². The van der Waals surface area contributed by atoms with Crippen molar-refractivity contribution in [1.82, 2.24) is 4.90 Å². The Labute approximate surface area is 114 Å². The predicted octanol–water partition coefficient (Wildman–Crippen LogP) is 1.69. The van der Waals surface area contributed by atoms with E-state index >= 15 is 0 Å². The average Bonchev–Trinajstić information content (AvgIpc) is 2.36. The predicted molar refractivity (Wildman–Crippen MR) is 70.2 cm³/mol. The zero-order valence-electron chi connectivity index (χ0n) is 11.8. The van der Waals surface area contributed by atoms with Gasteiger partial charge in [0.25, 0.3) is 0 Å². The number of ether oxygens (including phenoxy) is 1. The second-order valence-corrected chi connectivity index (χ2v) is 6.73. The van der Waals surface area contributed by atoms with Crippen molar-refractivity contribution in [2.75, 3.05) is 20.7 Å². The second-order valence-electron chi connectivity index (χ2n) is 6.73. The monoisotopic (exact) mass is 265 g/mol. The molecule has 0 heterocycles. The maximum atomic E-state index is 12.6. The summed E-state index contributed by atoms with van der Waals surface area (Å²) < 4.78 is 4.64. The molecular formula is C15H23NO3. The highest BCUT2D eigenvalue weighted by molar-refractivity contribution is 5.84. The molecule has 0 spiro atoms. The molecule has 4 nitrogen and oxygen atoms in total. The molecule has 0 aromatic heterocycles. The van der Waals surface area contributed by atoms with E-state index in [9.17, 15) is 9.59 Å². The van der Waals surface area contributed by atoms with Gasteiger partial charge >= 0.3 is 5.97 Å². The molecule has 4 heteroatoms. The molecule has 0 saturated heterocycles. The Morgan fingerprint density at radius 3 is 2.05 bits per heavy atom. The van der Waals surface area contributed by atoms with Crippen LogP contribution in [0.2, 0.25) is 0 Å². The molecule has 1 amide bonds. The summed E-state index contributed by atoms with van der Waals surface area (Å²) >= 11 is 0. The zero-order valence-corrected chi connectivity index (χ0v) is 11.8. The minimum atomic E-state index is -0.334. The molecule has 106 valence electrons. The normalized spacial score (nSPS) is 39.2. The van der Waals surface area contributed by atoms with Crippen molar-refractivity contribution in [3.8, 4) is 0 Å². The third-order valence-corrected chi connectivity index (χ3v) is 5.48. The Bertz CT molecular complexity index is 365. The van der Waals surface area contributed by atoms with Crippen molar-refractivity contribution in [1.29, 1.82) is 0 Å². The first-order valence-electron chi connectivity index (χ1n) is 7.40. The van der Waals surface area contributed by atoms with Crippen LogP contribution in [0, 0.1) is 29.6 Å². The first-order valence-corrected chi connectivity index (χ1v) is 7.40. The van der Waals surface area contributed by atoms with Crippen LogP contribution in [-0.4, -0.2) is 37.5 Å². The summed E-state index contributed by atoms with van der Waals surface area (Å²) in [6, 6.07) is 0. The van der Waals surface area contributed by atoms with Gasteiger partial charge in [0.2, 0.25) is 5.91 Å². The standard InChI is InChI=1S/C15H23NO3/c1-16(8-13(17)19-2)15(18)14-11-4-9-3-10(6-11)7-12(14)5-9/h9-12,14H,3-8H2,1-2H3. The number of carbonyl (C=O) groups excluding carboxylic acids is 2. The van der Waals surface area contributed by atoms with E-state index in [1.165, 1.54) is 39.2 Å². The minimum absolute atomic E-state index is 0.0815. The molecule has 0 unspecified atom stereocenters. The van der Waals surface area contributed by atoms with Crippen LogP contribution >= 0.6 is 0 Å². The Morgan fingerprint density at radius 2 is 1.58 bits per heavy atom. The molecule has 4 rings (SSSR count). The molecule has 4 bridgehead atoms. The van der Waals surface area contributed by atoms with Crippen LogP contribution in [0.5, 0.6) is 0 Å². The maximum Gasteiger partial charge on any atom is 0.325 e. The molecule has 0 radical (unpaired) electrons. The maximum absolute atomic E-state index is 12.6. The van der Waals surface area contributed by atoms with Gasteiger partial charge in [-0.2, -0.15) is 0 Å². The smallest absolute Gasteiger partial charge is 0.325 e. The largest absolute Gasteiger partial charge is 0.468 e. The summed E-state index contributed by atoms with van der Waals surface area (Å²) in [5, 5.41) is 0. The van der Waals surface area contributed by atoms with Gasteiger partial charge in [0.15, 0.2) is 0 Å². The molecule has 4 fully saturated rings. The highest BCUT2D eigenvalue weighted by Crippen LogP contribution is 2.56. The van der Waals surface area contributed by atoms with Gasteiger partial charge < -0.3 is 9.64 Å². The number of methoxy groups -OCH3 is 1. The fourth-order valence-electron chi connectivity index (χ4n) is 4.92. The highest BCUT2D eigenvalue weighted by atomic mass is 16.5. The van der Waals surface area contributed by atoms with Gasteiger partial charge in [0.1, 0.15) is 6.54 Å². The SMILES string of the molecule is COC(=O)CN(C)C(=O)C1C2CC3CC(C2)CC1C3. The van der Waals surface area contributed by atoms with Crippen LogP contribution in [0.25, 0.3) is 0 Å². The molecule has 0 N–H and O–H groups in total. The number of hydrogen-bond acceptors (Lipinski definition) is 3. The fourth-order valence-corrected chi connectivity index (χ4v) is 4.92. The Morgan fingerprint density at radius 1 is 1.05 bits per heavy atom. The van der Waals surface area contributed by atoms with Crippen molar-refractivity contribution >= 4 is 11.9 Å². The Kier molecular flexibility index (Phi) is 3.27. The molecule has 0 aromatic carbocycles. The zero-order chi connectivity index (χ0) is 13.6. The van der Waals surface area contributed by atoms with Crippen molar-refractivity contribution < 1.29 is 14.3 Å². The molecule has 0 aliphatic heterocycles. The summed E-state index contributed by atoms with van der Waals surface area (Å²) in [4.78, 5) is 25.5. The summed E-state index contributed by atoms with van der Waals surface area (Å²) in [5.74, 6) is 2.89. The summed E-state index contributed by atoms with van der Waals surface area (Å²) in [7, 11) is 3.09. The van der Waals surface area contributed by atoms with Gasteiger partial charge in [-0.3, -0.25) is 9.59 Å². The van der Waals surface area contributed by atoms with E-state index in [-0.39, 0.29) is 24.3 Å². The van der Waals surface area contributed by atoms with E-state index in [4.69, 9.17) is 0 Å². The van der Waals surface area contributed by atoms with Crippen molar-refractivity contribution in [3.05, 3.63) is 0 Å². The molecule has 19 heavy (non-hydrogen) atoms. The Hall–Kier alpha value is -1.06. The van der Waals surface area contributed by atoms with Gasteiger partial charge in [-0.15, -0.1) is 0 Å². The van der Waals surface area contributed by atoms with Gasteiger partial charge in [-0.25, -0.2) is 0 Å². The topological polar surface area (TPSA) is 46.6 Å². The number of likely N-dealkylation sites (N-methyl/N-ethyl adjacent to an activating group) is 1. The van der Waals surface area contributed by atoms with Crippen LogP contribution in [-0.2, 0) is 14.3 Å². The number of carbonyl (C=O) groups is 2. The van der Waals surface area contributed by atoms with Gasteiger partial charge in [0, 0.05) is 13.0 Å². The summed E-state index contributed by atoms with van der Waals surface area (Å²) in [6.45, 7) is 0.0815. The third kappa shape index (κ3) is 2.26. The van der Waals surface area contributed by atoms with Crippen molar-refractivity contribution in [2.45, 2.75) is 32.1 Å². The molecule has 4 saturated carbocycles. The lowest BCUT2D eigenvalue weighted by Gasteiger charge is -2.54. The third-order valence-electron chi connectivity index (χ3n) is 5.48. The Balaban J connectivity index is 1.68. The van der Waals surface area contributed by atoms with E-state index in [0.29, 0.717) is 11.8 Å². The van der Waals surface area contributed by atoms with E-state index in [1.807, 2.05) is 0 Å². The molecule has 4 aliphatic carbocycles. The second kappa shape index (κ2) is 4.80. The number of nitrogens with zero attached hydrogens (tertiary/aromatic N) is 1. The summed E-state index contributed by atoms with van der Waals surface area (Å²) in [5.41, 5.74) is 0. The number of amides is 1. The molecule has 0 aromatic rings. The quantitative estimate of drug-likeness (QED) is 0.730. The molecule has 4 aliphatic rings. The van der Waals surface area contributed by atoms with Crippen LogP contribution in [0.15, 0.2) is 0 Å². The van der Waals surface area contributed by atoms with E-state index in [0.717, 1.165) is 11.8 Å². The van der Waals surface area contributed by atoms with Crippen LogP contribution in [0.1, 0.15) is 32.1 Å². The first kappa shape index (κ1) is 12.9.